The Hall–Kier alpha value is -3.02. The molecular formula is C28H26ClN3OS. The van der Waals surface area contributed by atoms with Gasteiger partial charge in [0.25, 0.3) is 0 Å². The maximum absolute atomic E-state index is 13.9. The number of fused-ring (bicyclic) bond motifs is 5. The molecule has 0 saturated carbocycles. The van der Waals surface area contributed by atoms with Gasteiger partial charge in [0, 0.05) is 16.6 Å². The van der Waals surface area contributed by atoms with Gasteiger partial charge in [0.1, 0.15) is 5.00 Å². The Morgan fingerprint density at radius 3 is 2.74 bits per heavy atom. The van der Waals surface area contributed by atoms with Crippen molar-refractivity contribution in [2.24, 2.45) is 0 Å². The summed E-state index contributed by atoms with van der Waals surface area (Å²) in [5.41, 5.74) is 6.77. The van der Waals surface area contributed by atoms with Crippen LogP contribution in [0.5, 0.6) is 0 Å². The molecule has 0 radical (unpaired) electrons. The summed E-state index contributed by atoms with van der Waals surface area (Å²) < 4.78 is 2.31. The van der Waals surface area contributed by atoms with Crippen LogP contribution in [0.25, 0.3) is 5.00 Å². The molecule has 0 fully saturated rings. The lowest BCUT2D eigenvalue weighted by molar-refractivity contribution is 0.194. The first-order chi connectivity index (χ1) is 16.6. The number of carbonyl (C=O) groups excluding carboxylic acids is 1. The zero-order chi connectivity index (χ0) is 23.2. The van der Waals surface area contributed by atoms with Crippen molar-refractivity contribution in [1.29, 1.82) is 0 Å². The number of thiophene rings is 1. The Labute approximate surface area is 208 Å². The summed E-state index contributed by atoms with van der Waals surface area (Å²) in [7, 11) is 0. The normalized spacial score (nSPS) is 16.9. The van der Waals surface area contributed by atoms with Gasteiger partial charge in [-0.05, 0) is 68.0 Å². The smallest absolute Gasteiger partial charge is 0.310 e. The van der Waals surface area contributed by atoms with Crippen LogP contribution in [0.15, 0.2) is 66.9 Å². The molecule has 2 aromatic heterocycles. The largest absolute Gasteiger partial charge is 0.323 e. The van der Waals surface area contributed by atoms with Crippen molar-refractivity contribution in [3.05, 3.63) is 105 Å². The maximum Gasteiger partial charge on any atom is 0.323 e. The second-order valence-electron chi connectivity index (χ2n) is 9.15. The first-order valence-electron chi connectivity index (χ1n) is 11.8. The van der Waals surface area contributed by atoms with Crippen molar-refractivity contribution < 1.29 is 4.79 Å². The number of rotatable bonds is 2. The first kappa shape index (κ1) is 21.5. The molecule has 3 heterocycles. The lowest BCUT2D eigenvalue weighted by Crippen LogP contribution is -2.38. The molecule has 2 aromatic carbocycles. The van der Waals surface area contributed by atoms with Gasteiger partial charge >= 0.3 is 6.03 Å². The molecule has 2 aliphatic rings. The zero-order valence-electron chi connectivity index (χ0n) is 19.1. The SMILES string of the molecule is Cc1cccc(C2c3cccn3-c3sc4c(c3CN2C(=O)Nc2ccccc2Cl)CCCC4)c1. The minimum absolute atomic E-state index is 0.143. The minimum atomic E-state index is -0.212. The Kier molecular flexibility index (Phi) is 5.47. The molecule has 0 saturated heterocycles. The van der Waals surface area contributed by atoms with Gasteiger partial charge in [-0.2, -0.15) is 0 Å². The van der Waals surface area contributed by atoms with E-state index in [9.17, 15) is 4.79 Å². The second kappa shape index (κ2) is 8.64. The Morgan fingerprint density at radius 2 is 1.88 bits per heavy atom. The van der Waals surface area contributed by atoms with Crippen LogP contribution in [0.4, 0.5) is 10.5 Å². The van der Waals surface area contributed by atoms with Gasteiger partial charge in [-0.3, -0.25) is 0 Å². The third-order valence-electron chi connectivity index (χ3n) is 6.91. The van der Waals surface area contributed by atoms with Gasteiger partial charge in [0.15, 0.2) is 0 Å². The third kappa shape index (κ3) is 3.64. The van der Waals surface area contributed by atoms with Gasteiger partial charge in [-0.15, -0.1) is 11.3 Å². The number of aromatic nitrogens is 1. The van der Waals surface area contributed by atoms with E-state index in [1.807, 2.05) is 34.4 Å². The van der Waals surface area contributed by atoms with Crippen LogP contribution in [-0.4, -0.2) is 15.5 Å². The monoisotopic (exact) mass is 487 g/mol. The third-order valence-corrected chi connectivity index (χ3v) is 8.58. The molecule has 4 nitrogen and oxygen atoms in total. The van der Waals surface area contributed by atoms with E-state index < -0.39 is 0 Å². The van der Waals surface area contributed by atoms with Crippen LogP contribution in [-0.2, 0) is 19.4 Å². The second-order valence-corrected chi connectivity index (χ2v) is 10.6. The number of nitrogens with zero attached hydrogens (tertiary/aromatic N) is 2. The van der Waals surface area contributed by atoms with Gasteiger partial charge < -0.3 is 14.8 Å². The summed E-state index contributed by atoms with van der Waals surface area (Å²) in [5.74, 6) is 0. The minimum Gasteiger partial charge on any atom is -0.310 e. The topological polar surface area (TPSA) is 37.3 Å². The molecule has 172 valence electrons. The summed E-state index contributed by atoms with van der Waals surface area (Å²) in [6.07, 6.45) is 6.83. The molecule has 2 amide bonds. The van der Waals surface area contributed by atoms with E-state index >= 15 is 0 Å². The molecule has 1 aliphatic carbocycles. The fourth-order valence-corrected chi connectivity index (χ4v) is 6.91. The number of hydrogen-bond acceptors (Lipinski definition) is 2. The average molecular weight is 488 g/mol. The lowest BCUT2D eigenvalue weighted by atomic mass is 9.95. The van der Waals surface area contributed by atoms with Crippen LogP contribution in [0, 0.1) is 6.92 Å². The number of para-hydroxylation sites is 1. The Morgan fingerprint density at radius 1 is 1.03 bits per heavy atom. The van der Waals surface area contributed by atoms with E-state index in [-0.39, 0.29) is 12.1 Å². The van der Waals surface area contributed by atoms with Crippen molar-refractivity contribution in [1.82, 2.24) is 9.47 Å². The van der Waals surface area contributed by atoms with Gasteiger partial charge in [-0.25, -0.2) is 4.79 Å². The van der Waals surface area contributed by atoms with Crippen LogP contribution >= 0.6 is 22.9 Å². The number of amides is 2. The van der Waals surface area contributed by atoms with Gasteiger partial charge in [-0.1, -0.05) is 53.6 Å². The number of urea groups is 1. The van der Waals surface area contributed by atoms with Crippen molar-refractivity contribution in [3.63, 3.8) is 0 Å². The number of carbonyl (C=O) groups is 1. The predicted molar refractivity (Wildman–Crippen MR) is 139 cm³/mol. The Bertz CT molecular complexity index is 1390. The lowest BCUT2D eigenvalue weighted by Gasteiger charge is -2.31. The number of nitrogens with one attached hydrogen (secondary N) is 1. The highest BCUT2D eigenvalue weighted by molar-refractivity contribution is 7.15. The van der Waals surface area contributed by atoms with Crippen LogP contribution < -0.4 is 5.32 Å². The molecule has 0 bridgehead atoms. The summed E-state index contributed by atoms with van der Waals surface area (Å²) in [6.45, 7) is 2.67. The van der Waals surface area contributed by atoms with Crippen molar-refractivity contribution in [3.8, 4) is 5.00 Å². The van der Waals surface area contributed by atoms with E-state index in [4.69, 9.17) is 11.6 Å². The van der Waals surface area contributed by atoms with E-state index in [2.05, 4.69) is 59.4 Å². The summed E-state index contributed by atoms with van der Waals surface area (Å²) in [4.78, 5) is 17.4. The molecule has 34 heavy (non-hydrogen) atoms. The standard InChI is InChI=1S/C28H26ClN3OS/c1-18-8-6-9-19(16-18)26-24-13-7-15-31(24)27-21(20-10-2-5-14-25(20)34-27)17-32(26)28(33)30-23-12-4-3-11-22(23)29/h3-4,6-9,11-13,15-16,26H,2,5,10,14,17H2,1H3,(H,30,33). The van der Waals surface area contributed by atoms with E-state index in [0.29, 0.717) is 17.3 Å². The van der Waals surface area contributed by atoms with Gasteiger partial charge in [0.2, 0.25) is 0 Å². The quantitative estimate of drug-likeness (QED) is 0.312. The van der Waals surface area contributed by atoms with E-state index in [1.165, 1.54) is 39.4 Å². The highest BCUT2D eigenvalue weighted by atomic mass is 35.5. The molecule has 1 aliphatic heterocycles. The van der Waals surface area contributed by atoms with Gasteiger partial charge in [0.05, 0.1) is 29.0 Å². The molecule has 1 unspecified atom stereocenters. The van der Waals surface area contributed by atoms with E-state index in [1.54, 1.807) is 6.07 Å². The van der Waals surface area contributed by atoms with E-state index in [0.717, 1.165) is 24.1 Å². The number of hydrogen-bond donors (Lipinski definition) is 1. The summed E-state index contributed by atoms with van der Waals surface area (Å²) in [6, 6.07) is 19.8. The number of aryl methyl sites for hydroxylation is 2. The predicted octanol–water partition coefficient (Wildman–Crippen LogP) is 7.52. The molecule has 1 atom stereocenters. The summed E-state index contributed by atoms with van der Waals surface area (Å²) >= 11 is 8.30. The molecule has 6 rings (SSSR count). The van der Waals surface area contributed by atoms with Crippen molar-refractivity contribution in [2.75, 3.05) is 5.32 Å². The first-order valence-corrected chi connectivity index (χ1v) is 13.0. The average Bonchev–Trinajstić information content (AvgIpc) is 3.42. The zero-order valence-corrected chi connectivity index (χ0v) is 20.6. The molecule has 1 N–H and O–H groups in total. The van der Waals surface area contributed by atoms with Crippen LogP contribution in [0.3, 0.4) is 0 Å². The van der Waals surface area contributed by atoms with Crippen molar-refractivity contribution in [2.45, 2.75) is 45.2 Å². The fourth-order valence-electron chi connectivity index (χ4n) is 5.33. The number of anilines is 1. The molecule has 0 spiro atoms. The van der Waals surface area contributed by atoms with Crippen LogP contribution in [0.2, 0.25) is 5.02 Å². The molecule has 4 aromatic rings. The summed E-state index contributed by atoms with van der Waals surface area (Å²) in [5, 5.41) is 4.90. The maximum atomic E-state index is 13.9. The number of benzene rings is 2. The number of halogens is 1. The van der Waals surface area contributed by atoms with Crippen molar-refractivity contribution >= 4 is 34.7 Å². The van der Waals surface area contributed by atoms with Crippen LogP contribution in [0.1, 0.15) is 51.7 Å². The Balaban J connectivity index is 1.51. The fraction of sp³-hybridized carbons (Fsp3) is 0.250. The molecular weight excluding hydrogens is 462 g/mol. The molecule has 6 heteroatoms. The highest BCUT2D eigenvalue weighted by Crippen LogP contribution is 2.44. The highest BCUT2D eigenvalue weighted by Gasteiger charge is 2.36.